The molecule has 2 amide bonds. The molecule has 2 aromatic rings. The lowest BCUT2D eigenvalue weighted by atomic mass is 10.2. The minimum Gasteiger partial charge on any atom is -0.492 e. The summed E-state index contributed by atoms with van der Waals surface area (Å²) in [5.74, 6) is 0.167. The van der Waals surface area contributed by atoms with Gasteiger partial charge in [-0.2, -0.15) is 0 Å². The second-order valence-electron chi connectivity index (χ2n) is 6.08. The Morgan fingerprint density at radius 1 is 1.24 bits per heavy atom. The molecule has 5 nitrogen and oxygen atoms in total. The van der Waals surface area contributed by atoms with Crippen molar-refractivity contribution >= 4 is 63.5 Å². The second-order valence-corrected chi connectivity index (χ2v) is 8.17. The summed E-state index contributed by atoms with van der Waals surface area (Å²) in [4.78, 5) is 27.0. The molecule has 0 aromatic heterocycles. The number of ether oxygens (including phenoxy) is 1. The van der Waals surface area contributed by atoms with Gasteiger partial charge in [-0.15, -0.1) is 0 Å². The van der Waals surface area contributed by atoms with Gasteiger partial charge in [0.05, 0.1) is 17.2 Å². The van der Waals surface area contributed by atoms with Crippen molar-refractivity contribution in [3.8, 4) is 5.75 Å². The molecule has 29 heavy (non-hydrogen) atoms. The number of nitrogens with zero attached hydrogens (tertiary/aromatic N) is 1. The maximum Gasteiger partial charge on any atom is 0.266 e. The number of benzene rings is 2. The maximum atomic E-state index is 12.7. The van der Waals surface area contributed by atoms with Gasteiger partial charge >= 0.3 is 0 Å². The van der Waals surface area contributed by atoms with Gasteiger partial charge in [-0.25, -0.2) is 0 Å². The highest BCUT2D eigenvalue weighted by molar-refractivity contribution is 8.26. The van der Waals surface area contributed by atoms with Gasteiger partial charge in [0, 0.05) is 18.0 Å². The van der Waals surface area contributed by atoms with Crippen LogP contribution < -0.4 is 10.1 Å². The first-order valence-corrected chi connectivity index (χ1v) is 10.6. The number of halogens is 1. The molecule has 0 aliphatic carbocycles. The maximum absolute atomic E-state index is 12.7. The molecule has 0 unspecified atom stereocenters. The Hall–Kier alpha value is -2.35. The van der Waals surface area contributed by atoms with Crippen LogP contribution in [-0.4, -0.2) is 34.2 Å². The van der Waals surface area contributed by atoms with Gasteiger partial charge in [0.15, 0.2) is 0 Å². The summed E-state index contributed by atoms with van der Waals surface area (Å²) in [6.07, 6.45) is 1.84. The predicted octanol–water partition coefficient (Wildman–Crippen LogP) is 4.97. The summed E-state index contributed by atoms with van der Waals surface area (Å²) in [6, 6.07) is 14.5. The number of rotatable bonds is 7. The van der Waals surface area contributed by atoms with Crippen LogP contribution in [-0.2, 0) is 9.59 Å². The van der Waals surface area contributed by atoms with Gasteiger partial charge in [-0.05, 0) is 36.8 Å². The van der Waals surface area contributed by atoms with Crippen molar-refractivity contribution < 1.29 is 14.3 Å². The smallest absolute Gasteiger partial charge is 0.266 e. The van der Waals surface area contributed by atoms with Crippen molar-refractivity contribution in [3.63, 3.8) is 0 Å². The Morgan fingerprint density at radius 2 is 1.97 bits per heavy atom. The normalized spacial score (nSPS) is 15.1. The summed E-state index contributed by atoms with van der Waals surface area (Å²) in [5.41, 5.74) is 1.35. The highest BCUT2D eigenvalue weighted by Crippen LogP contribution is 2.34. The van der Waals surface area contributed by atoms with Crippen LogP contribution in [0.1, 0.15) is 18.9 Å². The monoisotopic (exact) mass is 446 g/mol. The van der Waals surface area contributed by atoms with Crippen molar-refractivity contribution in [2.75, 3.05) is 18.5 Å². The quantitative estimate of drug-likeness (QED) is 0.480. The van der Waals surface area contributed by atoms with Gasteiger partial charge < -0.3 is 10.1 Å². The number of thiocarbonyl (C=S) groups is 1. The van der Waals surface area contributed by atoms with Crippen LogP contribution in [0.2, 0.25) is 5.02 Å². The average molecular weight is 447 g/mol. The van der Waals surface area contributed by atoms with Crippen LogP contribution in [0, 0.1) is 0 Å². The van der Waals surface area contributed by atoms with E-state index in [2.05, 4.69) is 5.32 Å². The van der Waals surface area contributed by atoms with Gasteiger partial charge in [-0.3, -0.25) is 14.5 Å². The Morgan fingerprint density at radius 3 is 2.72 bits per heavy atom. The lowest BCUT2D eigenvalue weighted by molar-refractivity contribution is -0.122. The Kier molecular flexibility index (Phi) is 7.30. The number of nitrogens with one attached hydrogen (secondary N) is 1. The van der Waals surface area contributed by atoms with Crippen LogP contribution in [0.5, 0.6) is 5.75 Å². The summed E-state index contributed by atoms with van der Waals surface area (Å²) >= 11 is 12.7. The number of hydrogen-bond acceptors (Lipinski definition) is 5. The molecule has 1 saturated heterocycles. The van der Waals surface area contributed by atoms with E-state index in [1.54, 1.807) is 24.3 Å². The van der Waals surface area contributed by atoms with Gasteiger partial charge in [0.2, 0.25) is 5.91 Å². The number of para-hydroxylation sites is 2. The molecule has 1 N–H and O–H groups in total. The molecule has 0 saturated carbocycles. The van der Waals surface area contributed by atoms with E-state index in [1.165, 1.54) is 16.7 Å². The van der Waals surface area contributed by atoms with Crippen LogP contribution in [0.15, 0.2) is 53.4 Å². The van der Waals surface area contributed by atoms with E-state index in [0.717, 1.165) is 5.56 Å². The zero-order chi connectivity index (χ0) is 20.8. The third-order valence-electron chi connectivity index (χ3n) is 4.09. The zero-order valence-electron chi connectivity index (χ0n) is 15.7. The predicted molar refractivity (Wildman–Crippen MR) is 122 cm³/mol. The molecular formula is C21H19ClN2O3S2. The van der Waals surface area contributed by atoms with Crippen LogP contribution >= 0.6 is 35.6 Å². The van der Waals surface area contributed by atoms with Crippen molar-refractivity contribution in [1.82, 2.24) is 4.90 Å². The van der Waals surface area contributed by atoms with Crippen molar-refractivity contribution in [3.05, 3.63) is 64.0 Å². The molecular weight excluding hydrogens is 428 g/mol. The van der Waals surface area contributed by atoms with Crippen LogP contribution in [0.25, 0.3) is 6.08 Å². The number of carbonyl (C=O) groups is 2. The molecule has 150 valence electrons. The molecule has 0 spiro atoms. The lowest BCUT2D eigenvalue weighted by Gasteiger charge is -2.15. The van der Waals surface area contributed by atoms with E-state index in [-0.39, 0.29) is 24.8 Å². The molecule has 8 heteroatoms. The van der Waals surface area contributed by atoms with Crippen LogP contribution in [0.4, 0.5) is 5.69 Å². The average Bonchev–Trinajstić information content (AvgIpc) is 2.96. The topological polar surface area (TPSA) is 58.6 Å². The lowest BCUT2D eigenvalue weighted by Crippen LogP contribution is -2.31. The molecule has 3 rings (SSSR count). The minimum atomic E-state index is -0.221. The third-order valence-corrected chi connectivity index (χ3v) is 5.81. The highest BCUT2D eigenvalue weighted by Gasteiger charge is 2.32. The first-order valence-electron chi connectivity index (χ1n) is 9.01. The molecule has 1 fully saturated rings. The second kappa shape index (κ2) is 9.91. The summed E-state index contributed by atoms with van der Waals surface area (Å²) < 4.78 is 5.94. The SMILES string of the molecule is CCOc1ccccc1NC(=O)CCN1C(=O)C(=Cc2ccccc2Cl)SC1=S. The number of thioether (sulfide) groups is 1. The van der Waals surface area contributed by atoms with Crippen molar-refractivity contribution in [2.24, 2.45) is 0 Å². The highest BCUT2D eigenvalue weighted by atomic mass is 35.5. The van der Waals surface area contributed by atoms with E-state index >= 15 is 0 Å². The summed E-state index contributed by atoms with van der Waals surface area (Å²) in [6.45, 7) is 2.58. The van der Waals surface area contributed by atoms with E-state index in [0.29, 0.717) is 32.3 Å². The van der Waals surface area contributed by atoms with E-state index in [4.69, 9.17) is 28.6 Å². The van der Waals surface area contributed by atoms with Gasteiger partial charge in [0.25, 0.3) is 5.91 Å². The first kappa shape index (κ1) is 21.4. The molecule has 0 radical (unpaired) electrons. The standard InChI is InChI=1S/C21H19ClN2O3S2/c1-2-27-17-10-6-5-9-16(17)23-19(25)11-12-24-20(26)18(29-21(24)28)13-14-7-3-4-8-15(14)22/h3-10,13H,2,11-12H2,1H3,(H,23,25). The molecule has 1 heterocycles. The Labute approximate surface area is 184 Å². The zero-order valence-corrected chi connectivity index (χ0v) is 18.1. The Bertz CT molecular complexity index is 978. The number of anilines is 1. The number of carbonyl (C=O) groups excluding carboxylic acids is 2. The summed E-state index contributed by atoms with van der Waals surface area (Å²) in [5, 5.41) is 3.38. The van der Waals surface area contributed by atoms with E-state index in [9.17, 15) is 9.59 Å². The Balaban J connectivity index is 1.62. The molecule has 2 aromatic carbocycles. The van der Waals surface area contributed by atoms with E-state index < -0.39 is 0 Å². The van der Waals surface area contributed by atoms with E-state index in [1.807, 2.05) is 37.3 Å². The fourth-order valence-corrected chi connectivity index (χ4v) is 4.19. The minimum absolute atomic E-state index is 0.117. The molecule has 0 atom stereocenters. The largest absolute Gasteiger partial charge is 0.492 e. The van der Waals surface area contributed by atoms with Crippen molar-refractivity contribution in [1.29, 1.82) is 0 Å². The molecule has 1 aliphatic rings. The van der Waals surface area contributed by atoms with Crippen LogP contribution in [0.3, 0.4) is 0 Å². The first-order chi connectivity index (χ1) is 14.0. The number of hydrogen-bond donors (Lipinski definition) is 1. The number of amides is 2. The molecule has 0 bridgehead atoms. The van der Waals surface area contributed by atoms with Gasteiger partial charge in [0.1, 0.15) is 10.1 Å². The van der Waals surface area contributed by atoms with Crippen molar-refractivity contribution in [2.45, 2.75) is 13.3 Å². The fourth-order valence-electron chi connectivity index (χ4n) is 2.70. The molecule has 1 aliphatic heterocycles. The fraction of sp³-hybridized carbons (Fsp3) is 0.190. The third kappa shape index (κ3) is 5.38. The van der Waals surface area contributed by atoms with Gasteiger partial charge in [-0.1, -0.05) is 65.9 Å². The summed E-state index contributed by atoms with van der Waals surface area (Å²) in [7, 11) is 0.